The lowest BCUT2D eigenvalue weighted by atomic mass is 10.1. The minimum absolute atomic E-state index is 0.0999. The third-order valence-electron chi connectivity index (χ3n) is 2.33. The van der Waals surface area contributed by atoms with Gasteiger partial charge in [-0.15, -0.1) is 0 Å². The molecule has 0 saturated carbocycles. The molecule has 0 fully saturated rings. The van der Waals surface area contributed by atoms with Gasteiger partial charge in [0.1, 0.15) is 0 Å². The molecule has 96 valence electrons. The fourth-order valence-electron chi connectivity index (χ4n) is 1.46. The van der Waals surface area contributed by atoms with E-state index in [2.05, 4.69) is 5.32 Å². The molecule has 2 N–H and O–H groups in total. The van der Waals surface area contributed by atoms with Crippen LogP contribution >= 0.6 is 0 Å². The Labute approximate surface area is 106 Å². The molecular weight excluding hydrogens is 230 g/mol. The van der Waals surface area contributed by atoms with Crippen molar-refractivity contribution in [3.05, 3.63) is 47.0 Å². The van der Waals surface area contributed by atoms with Crippen LogP contribution in [0.1, 0.15) is 29.8 Å². The quantitative estimate of drug-likeness (QED) is 0.782. The Bertz CT molecular complexity index is 456. The summed E-state index contributed by atoms with van der Waals surface area (Å²) in [6.45, 7) is 4.27. The average molecular weight is 247 g/mol. The molecule has 18 heavy (non-hydrogen) atoms. The Balaban J connectivity index is 2.42. The van der Waals surface area contributed by atoms with Crippen LogP contribution in [0.2, 0.25) is 0 Å². The van der Waals surface area contributed by atoms with Crippen molar-refractivity contribution in [2.75, 3.05) is 6.54 Å². The second kappa shape index (κ2) is 6.59. The summed E-state index contributed by atoms with van der Waals surface area (Å²) < 4.78 is 0. The Kier molecular flexibility index (Phi) is 5.11. The second-order valence-electron chi connectivity index (χ2n) is 4.26. The fraction of sp³-hybridized carbons (Fsp3) is 0.286. The summed E-state index contributed by atoms with van der Waals surface area (Å²) in [5.74, 6) is -1.03. The molecule has 1 amide bonds. The third-order valence-corrected chi connectivity index (χ3v) is 2.33. The van der Waals surface area contributed by atoms with E-state index in [0.717, 1.165) is 11.1 Å². The van der Waals surface area contributed by atoms with E-state index in [4.69, 9.17) is 5.11 Å². The van der Waals surface area contributed by atoms with E-state index < -0.39 is 5.97 Å². The van der Waals surface area contributed by atoms with Crippen molar-refractivity contribution in [1.29, 1.82) is 0 Å². The number of carboxylic acids is 1. The van der Waals surface area contributed by atoms with Crippen LogP contribution in [0.25, 0.3) is 0 Å². The summed E-state index contributed by atoms with van der Waals surface area (Å²) in [5.41, 5.74) is 2.23. The maximum atomic E-state index is 11.3. The lowest BCUT2D eigenvalue weighted by Gasteiger charge is -2.03. The van der Waals surface area contributed by atoms with E-state index in [1.165, 1.54) is 0 Å². The SMILES string of the molecule is CC(C)=CC(=O)NCCc1ccc(C(=O)O)cc1. The maximum Gasteiger partial charge on any atom is 0.335 e. The van der Waals surface area contributed by atoms with E-state index in [1.54, 1.807) is 30.3 Å². The summed E-state index contributed by atoms with van der Waals surface area (Å²) in [6.07, 6.45) is 2.23. The second-order valence-corrected chi connectivity index (χ2v) is 4.26. The molecule has 0 saturated heterocycles. The zero-order chi connectivity index (χ0) is 13.5. The van der Waals surface area contributed by atoms with Crippen molar-refractivity contribution in [2.24, 2.45) is 0 Å². The molecular formula is C14H17NO3. The van der Waals surface area contributed by atoms with E-state index in [-0.39, 0.29) is 11.5 Å². The molecule has 4 nitrogen and oxygen atoms in total. The standard InChI is InChI=1S/C14H17NO3/c1-10(2)9-13(16)15-8-7-11-3-5-12(6-4-11)14(17)18/h3-6,9H,7-8H2,1-2H3,(H,15,16)(H,17,18). The van der Waals surface area contributed by atoms with Gasteiger partial charge in [-0.25, -0.2) is 4.79 Å². The number of carbonyl (C=O) groups is 2. The van der Waals surface area contributed by atoms with Crippen LogP contribution in [0.4, 0.5) is 0 Å². The normalized spacial score (nSPS) is 9.67. The topological polar surface area (TPSA) is 66.4 Å². The van der Waals surface area contributed by atoms with Crippen molar-refractivity contribution in [3.63, 3.8) is 0 Å². The molecule has 0 aliphatic rings. The smallest absolute Gasteiger partial charge is 0.335 e. The highest BCUT2D eigenvalue weighted by molar-refractivity contribution is 5.88. The Hall–Kier alpha value is -2.10. The molecule has 0 aromatic heterocycles. The highest BCUT2D eigenvalue weighted by Crippen LogP contribution is 2.04. The highest BCUT2D eigenvalue weighted by Gasteiger charge is 2.02. The van der Waals surface area contributed by atoms with E-state index >= 15 is 0 Å². The number of hydrogen-bond donors (Lipinski definition) is 2. The Morgan fingerprint density at radius 3 is 2.33 bits per heavy atom. The van der Waals surface area contributed by atoms with Crippen LogP contribution in [-0.4, -0.2) is 23.5 Å². The van der Waals surface area contributed by atoms with Gasteiger partial charge in [0, 0.05) is 12.6 Å². The first kappa shape index (κ1) is 14.0. The number of benzene rings is 1. The van der Waals surface area contributed by atoms with Gasteiger partial charge >= 0.3 is 5.97 Å². The van der Waals surface area contributed by atoms with Crippen LogP contribution in [0, 0.1) is 0 Å². The molecule has 0 bridgehead atoms. The van der Waals surface area contributed by atoms with Crippen molar-refractivity contribution >= 4 is 11.9 Å². The fourth-order valence-corrected chi connectivity index (χ4v) is 1.46. The van der Waals surface area contributed by atoms with Crippen LogP contribution in [0.3, 0.4) is 0 Å². The molecule has 4 heteroatoms. The van der Waals surface area contributed by atoms with E-state index in [0.29, 0.717) is 13.0 Å². The molecule has 0 heterocycles. The number of rotatable bonds is 5. The lowest BCUT2D eigenvalue weighted by Crippen LogP contribution is -2.23. The number of carboxylic acid groups (broad SMARTS) is 1. The number of carbonyl (C=O) groups excluding carboxylic acids is 1. The van der Waals surface area contributed by atoms with Gasteiger partial charge in [-0.1, -0.05) is 17.7 Å². The zero-order valence-electron chi connectivity index (χ0n) is 10.6. The predicted octanol–water partition coefficient (Wildman–Crippen LogP) is 2.01. The van der Waals surface area contributed by atoms with E-state index in [9.17, 15) is 9.59 Å². The molecule has 0 aliphatic carbocycles. The first-order valence-electron chi connectivity index (χ1n) is 5.74. The summed E-state index contributed by atoms with van der Waals surface area (Å²) in [4.78, 5) is 22.0. The average Bonchev–Trinajstić information content (AvgIpc) is 2.28. The number of aromatic carboxylic acids is 1. The highest BCUT2D eigenvalue weighted by atomic mass is 16.4. The number of nitrogens with one attached hydrogen (secondary N) is 1. The number of amides is 1. The van der Waals surface area contributed by atoms with Crippen molar-refractivity contribution in [1.82, 2.24) is 5.32 Å². The summed E-state index contributed by atoms with van der Waals surface area (Å²) in [5, 5.41) is 11.5. The Morgan fingerprint density at radius 1 is 1.22 bits per heavy atom. The molecule has 1 aromatic carbocycles. The summed E-state index contributed by atoms with van der Waals surface area (Å²) >= 11 is 0. The largest absolute Gasteiger partial charge is 0.478 e. The van der Waals surface area contributed by atoms with Crippen LogP contribution in [0.5, 0.6) is 0 Å². The van der Waals surface area contributed by atoms with Gasteiger partial charge in [0.05, 0.1) is 5.56 Å². The zero-order valence-corrected chi connectivity index (χ0v) is 10.6. The Morgan fingerprint density at radius 2 is 1.83 bits per heavy atom. The molecule has 0 unspecified atom stereocenters. The van der Waals surface area contributed by atoms with Crippen molar-refractivity contribution < 1.29 is 14.7 Å². The first-order chi connectivity index (χ1) is 8.49. The third kappa shape index (κ3) is 4.82. The van der Waals surface area contributed by atoms with Crippen LogP contribution in [-0.2, 0) is 11.2 Å². The number of allylic oxidation sites excluding steroid dienone is 1. The number of hydrogen-bond acceptors (Lipinski definition) is 2. The minimum Gasteiger partial charge on any atom is -0.478 e. The van der Waals surface area contributed by atoms with Crippen LogP contribution in [0.15, 0.2) is 35.9 Å². The lowest BCUT2D eigenvalue weighted by molar-refractivity contribution is -0.116. The molecule has 0 spiro atoms. The van der Waals surface area contributed by atoms with E-state index in [1.807, 2.05) is 13.8 Å². The monoisotopic (exact) mass is 247 g/mol. The van der Waals surface area contributed by atoms with Gasteiger partial charge < -0.3 is 10.4 Å². The van der Waals surface area contributed by atoms with Gasteiger partial charge in [0.25, 0.3) is 0 Å². The van der Waals surface area contributed by atoms with Crippen molar-refractivity contribution in [3.8, 4) is 0 Å². The molecule has 1 aromatic rings. The first-order valence-corrected chi connectivity index (χ1v) is 5.74. The molecule has 0 atom stereocenters. The van der Waals surface area contributed by atoms with Gasteiger partial charge in [-0.05, 0) is 38.0 Å². The maximum absolute atomic E-state index is 11.3. The van der Waals surface area contributed by atoms with Crippen LogP contribution < -0.4 is 5.32 Å². The van der Waals surface area contributed by atoms with Gasteiger partial charge in [-0.3, -0.25) is 4.79 Å². The molecule has 1 rings (SSSR count). The predicted molar refractivity (Wildman–Crippen MR) is 69.5 cm³/mol. The van der Waals surface area contributed by atoms with Gasteiger partial charge in [-0.2, -0.15) is 0 Å². The minimum atomic E-state index is -0.932. The van der Waals surface area contributed by atoms with Crippen molar-refractivity contribution in [2.45, 2.75) is 20.3 Å². The summed E-state index contributed by atoms with van der Waals surface area (Å²) in [6, 6.07) is 6.65. The molecule has 0 aliphatic heterocycles. The van der Waals surface area contributed by atoms with Gasteiger partial charge in [0.15, 0.2) is 0 Å². The molecule has 0 radical (unpaired) electrons. The summed E-state index contributed by atoms with van der Waals surface area (Å²) in [7, 11) is 0. The van der Waals surface area contributed by atoms with Gasteiger partial charge in [0.2, 0.25) is 5.91 Å².